The Morgan fingerprint density at radius 1 is 1.13 bits per heavy atom. The van der Waals surface area contributed by atoms with E-state index < -0.39 is 11.4 Å². The predicted octanol–water partition coefficient (Wildman–Crippen LogP) is 2.00. The number of likely N-dealkylation sites (tertiary alicyclic amines) is 1. The lowest BCUT2D eigenvalue weighted by Gasteiger charge is -2.38. The maximum Gasteiger partial charge on any atom is 0.261 e. The van der Waals surface area contributed by atoms with Crippen molar-refractivity contribution in [1.29, 1.82) is 0 Å². The lowest BCUT2D eigenvalue weighted by Crippen LogP contribution is -2.49. The van der Waals surface area contributed by atoms with Crippen LogP contribution in [0.5, 0.6) is 0 Å². The van der Waals surface area contributed by atoms with E-state index in [1.54, 1.807) is 30.3 Å². The number of nitrogens with zero attached hydrogens (tertiary/aromatic N) is 3. The van der Waals surface area contributed by atoms with Crippen molar-refractivity contribution in [3.63, 3.8) is 0 Å². The molecule has 2 aromatic carbocycles. The van der Waals surface area contributed by atoms with Crippen molar-refractivity contribution < 1.29 is 14.3 Å². The number of halogens is 1. The molecule has 156 valence electrons. The molecule has 0 bridgehead atoms. The fraction of sp³-hybridized carbons (Fsp3) is 0.318. The topological polar surface area (TPSA) is 87.5 Å². The normalized spacial score (nSPS) is 16.5. The molecule has 7 nitrogen and oxygen atoms in total. The second-order valence-corrected chi connectivity index (χ2v) is 7.72. The van der Waals surface area contributed by atoms with Gasteiger partial charge in [0, 0.05) is 13.1 Å². The Hall–Kier alpha value is -3.10. The van der Waals surface area contributed by atoms with Crippen LogP contribution in [0, 0.1) is 5.82 Å². The quantitative estimate of drug-likeness (QED) is 0.672. The van der Waals surface area contributed by atoms with Crippen molar-refractivity contribution in [2.75, 3.05) is 25.0 Å². The van der Waals surface area contributed by atoms with Gasteiger partial charge in [-0.1, -0.05) is 24.3 Å². The highest BCUT2D eigenvalue weighted by molar-refractivity contribution is 5.92. The number of hydrogen-bond acceptors (Lipinski definition) is 5. The second kappa shape index (κ2) is 8.33. The number of carbonyl (C=O) groups excluding carboxylic acids is 1. The van der Waals surface area contributed by atoms with E-state index >= 15 is 0 Å². The first-order valence-electron chi connectivity index (χ1n) is 9.87. The number of anilines is 1. The van der Waals surface area contributed by atoms with Gasteiger partial charge >= 0.3 is 0 Å². The van der Waals surface area contributed by atoms with Gasteiger partial charge in [0.15, 0.2) is 0 Å². The molecule has 0 spiro atoms. The second-order valence-electron chi connectivity index (χ2n) is 7.72. The minimum atomic E-state index is -1.05. The Bertz CT molecular complexity index is 1120. The van der Waals surface area contributed by atoms with Crippen molar-refractivity contribution in [2.45, 2.75) is 25.0 Å². The molecular formula is C22H23FN4O3. The van der Waals surface area contributed by atoms with E-state index in [9.17, 15) is 19.1 Å². The first-order chi connectivity index (χ1) is 14.4. The average molecular weight is 410 g/mol. The van der Waals surface area contributed by atoms with Gasteiger partial charge in [0.1, 0.15) is 5.82 Å². The SMILES string of the molecule is O=C(CN1CCC(O)(Cn2cnc3ccccc3c2=O)CC1)Nc1ccccc1F. The van der Waals surface area contributed by atoms with E-state index in [1.165, 1.54) is 23.0 Å². The van der Waals surface area contributed by atoms with Gasteiger partial charge in [-0.3, -0.25) is 19.1 Å². The maximum absolute atomic E-state index is 13.7. The molecule has 4 rings (SSSR count). The van der Waals surface area contributed by atoms with Crippen LogP contribution in [0.2, 0.25) is 0 Å². The third kappa shape index (κ3) is 4.39. The summed E-state index contributed by atoms with van der Waals surface area (Å²) in [4.78, 5) is 31.1. The highest BCUT2D eigenvalue weighted by Crippen LogP contribution is 2.24. The minimum absolute atomic E-state index is 0.113. The maximum atomic E-state index is 13.7. The van der Waals surface area contributed by atoms with Gasteiger partial charge in [-0.2, -0.15) is 0 Å². The van der Waals surface area contributed by atoms with E-state index in [0.29, 0.717) is 36.8 Å². The fourth-order valence-corrected chi connectivity index (χ4v) is 3.78. The largest absolute Gasteiger partial charge is 0.388 e. The lowest BCUT2D eigenvalue weighted by atomic mass is 9.91. The minimum Gasteiger partial charge on any atom is -0.388 e. The molecule has 1 amide bonds. The van der Waals surface area contributed by atoms with Gasteiger partial charge in [-0.05, 0) is 37.1 Å². The number of carbonyl (C=O) groups is 1. The number of fused-ring (bicyclic) bond motifs is 1. The van der Waals surface area contributed by atoms with Crippen LogP contribution in [0.3, 0.4) is 0 Å². The summed E-state index contributed by atoms with van der Waals surface area (Å²) < 4.78 is 15.1. The van der Waals surface area contributed by atoms with Crippen LogP contribution in [-0.2, 0) is 11.3 Å². The Balaban J connectivity index is 1.36. The van der Waals surface area contributed by atoms with Gasteiger partial charge in [-0.15, -0.1) is 0 Å². The van der Waals surface area contributed by atoms with Gasteiger partial charge in [0.05, 0.1) is 41.6 Å². The number of aliphatic hydroxyl groups is 1. The first-order valence-corrected chi connectivity index (χ1v) is 9.87. The highest BCUT2D eigenvalue weighted by Gasteiger charge is 2.33. The number of piperidine rings is 1. The van der Waals surface area contributed by atoms with Gasteiger partial charge in [-0.25, -0.2) is 9.37 Å². The van der Waals surface area contributed by atoms with E-state index in [2.05, 4.69) is 10.3 Å². The molecule has 0 unspecified atom stereocenters. The molecule has 1 aliphatic rings. The summed E-state index contributed by atoms with van der Waals surface area (Å²) in [5.74, 6) is -0.784. The van der Waals surface area contributed by atoms with E-state index in [0.717, 1.165) is 0 Å². The van der Waals surface area contributed by atoms with Crippen molar-refractivity contribution in [3.05, 3.63) is 71.0 Å². The monoisotopic (exact) mass is 410 g/mol. The summed E-state index contributed by atoms with van der Waals surface area (Å²) in [6.45, 7) is 1.26. The van der Waals surface area contributed by atoms with Crippen molar-refractivity contribution in [2.24, 2.45) is 0 Å². The van der Waals surface area contributed by atoms with Crippen molar-refractivity contribution >= 4 is 22.5 Å². The lowest BCUT2D eigenvalue weighted by molar-refractivity contribution is -0.118. The molecule has 30 heavy (non-hydrogen) atoms. The zero-order chi connectivity index (χ0) is 21.1. The highest BCUT2D eigenvalue weighted by atomic mass is 19.1. The zero-order valence-electron chi connectivity index (χ0n) is 16.4. The third-order valence-corrected chi connectivity index (χ3v) is 5.50. The van der Waals surface area contributed by atoms with E-state index in [-0.39, 0.29) is 30.2 Å². The van der Waals surface area contributed by atoms with E-state index in [4.69, 9.17) is 0 Å². The molecule has 0 saturated carbocycles. The third-order valence-electron chi connectivity index (χ3n) is 5.50. The van der Waals surface area contributed by atoms with Crippen LogP contribution in [0.1, 0.15) is 12.8 Å². The number of benzene rings is 2. The molecule has 8 heteroatoms. The summed E-state index contributed by atoms with van der Waals surface area (Å²) >= 11 is 0. The van der Waals surface area contributed by atoms with Crippen LogP contribution in [0.25, 0.3) is 10.9 Å². The molecular weight excluding hydrogens is 387 g/mol. The Morgan fingerprint density at radius 3 is 2.60 bits per heavy atom. The fourth-order valence-electron chi connectivity index (χ4n) is 3.78. The van der Waals surface area contributed by atoms with Crippen LogP contribution in [0.15, 0.2) is 59.7 Å². The van der Waals surface area contributed by atoms with E-state index in [1.807, 2.05) is 11.0 Å². The van der Waals surface area contributed by atoms with Gasteiger partial charge < -0.3 is 10.4 Å². The zero-order valence-corrected chi connectivity index (χ0v) is 16.4. The number of amides is 1. The van der Waals surface area contributed by atoms with Crippen molar-refractivity contribution in [3.8, 4) is 0 Å². The van der Waals surface area contributed by atoms with Crippen molar-refractivity contribution in [1.82, 2.24) is 14.5 Å². The van der Waals surface area contributed by atoms with Gasteiger partial charge in [0.25, 0.3) is 5.56 Å². The smallest absolute Gasteiger partial charge is 0.261 e. The van der Waals surface area contributed by atoms with Crippen LogP contribution < -0.4 is 10.9 Å². The molecule has 0 aliphatic carbocycles. The molecule has 1 aliphatic heterocycles. The van der Waals surface area contributed by atoms with Crippen LogP contribution in [0.4, 0.5) is 10.1 Å². The standard InChI is InChI=1S/C22H23FN4O3/c23-17-6-2-4-8-19(17)25-20(28)13-26-11-9-22(30,10-12-26)14-27-15-24-18-7-3-1-5-16(18)21(27)29/h1-8,15,30H,9-14H2,(H,25,28). The molecule has 0 atom stereocenters. The number of para-hydroxylation sites is 2. The molecule has 1 fully saturated rings. The summed E-state index contributed by atoms with van der Waals surface area (Å²) in [5, 5.41) is 14.1. The average Bonchev–Trinajstić information content (AvgIpc) is 2.74. The Labute approximate surface area is 172 Å². The van der Waals surface area contributed by atoms with Crippen LogP contribution in [-0.4, -0.2) is 50.7 Å². The molecule has 2 heterocycles. The molecule has 0 radical (unpaired) electrons. The summed E-state index contributed by atoms with van der Waals surface area (Å²) in [5.41, 5.74) is -0.451. The first kappa shape index (κ1) is 20.2. The molecule has 3 aromatic rings. The molecule has 1 aromatic heterocycles. The number of hydrogen-bond donors (Lipinski definition) is 2. The van der Waals surface area contributed by atoms with Gasteiger partial charge in [0.2, 0.25) is 5.91 Å². The molecule has 2 N–H and O–H groups in total. The summed E-state index contributed by atoms with van der Waals surface area (Å²) in [6.07, 6.45) is 2.30. The number of nitrogens with one attached hydrogen (secondary N) is 1. The summed E-state index contributed by atoms with van der Waals surface area (Å²) in [6, 6.07) is 13.1. The van der Waals surface area contributed by atoms with Crippen LogP contribution >= 0.6 is 0 Å². The predicted molar refractivity (Wildman–Crippen MR) is 112 cm³/mol. The molecule has 1 saturated heterocycles. The summed E-state index contributed by atoms with van der Waals surface area (Å²) in [7, 11) is 0. The Kier molecular flexibility index (Phi) is 5.61. The number of rotatable bonds is 5. The Morgan fingerprint density at radius 2 is 1.83 bits per heavy atom. The number of aromatic nitrogens is 2.